The van der Waals surface area contributed by atoms with Gasteiger partial charge in [-0.05, 0) is 74.3 Å². The highest BCUT2D eigenvalue weighted by molar-refractivity contribution is 14.0. The van der Waals surface area contributed by atoms with Gasteiger partial charge in [-0.1, -0.05) is 19.3 Å². The lowest BCUT2D eigenvalue weighted by molar-refractivity contribution is 0.0264. The highest BCUT2D eigenvalue weighted by atomic mass is 127. The molecular weight excluding hydrogens is 519 g/mol. The quantitative estimate of drug-likeness (QED) is 0.164. The minimum atomic E-state index is 0. The van der Waals surface area contributed by atoms with Crippen molar-refractivity contribution in [3.8, 4) is 0 Å². The minimum absolute atomic E-state index is 0. The molecule has 0 spiro atoms. The molecular formula is C24H43IN4OS. The summed E-state index contributed by atoms with van der Waals surface area (Å²) in [6, 6.07) is 2.78. The summed E-state index contributed by atoms with van der Waals surface area (Å²) < 4.78 is 6.03. The van der Waals surface area contributed by atoms with Gasteiger partial charge in [0, 0.05) is 45.4 Å². The van der Waals surface area contributed by atoms with E-state index in [1.54, 1.807) is 11.3 Å². The summed E-state index contributed by atoms with van der Waals surface area (Å²) in [5, 5.41) is 11.5. The Bertz CT molecular complexity index is 584. The van der Waals surface area contributed by atoms with E-state index in [1.807, 2.05) is 0 Å². The Kier molecular flexibility index (Phi) is 14.1. The van der Waals surface area contributed by atoms with Gasteiger partial charge >= 0.3 is 0 Å². The fraction of sp³-hybridized carbons (Fsp3) is 0.792. The number of hydrogen-bond donors (Lipinski definition) is 2. The van der Waals surface area contributed by atoms with E-state index in [2.05, 4.69) is 39.3 Å². The van der Waals surface area contributed by atoms with Crippen LogP contribution in [0.1, 0.15) is 76.7 Å². The van der Waals surface area contributed by atoms with Gasteiger partial charge in [-0.2, -0.15) is 11.3 Å². The number of halogens is 1. The summed E-state index contributed by atoms with van der Waals surface area (Å²) in [6.45, 7) is 8.30. The third-order valence-electron chi connectivity index (χ3n) is 6.24. The lowest BCUT2D eigenvalue weighted by Crippen LogP contribution is -2.48. The van der Waals surface area contributed by atoms with Gasteiger partial charge in [-0.3, -0.25) is 9.89 Å². The van der Waals surface area contributed by atoms with E-state index in [9.17, 15) is 0 Å². The van der Waals surface area contributed by atoms with Crippen molar-refractivity contribution in [1.29, 1.82) is 0 Å². The number of aliphatic imine (C=N–C) groups is 1. The number of rotatable bonds is 11. The summed E-state index contributed by atoms with van der Waals surface area (Å²) in [6.07, 6.45) is 13.1. The molecule has 5 nitrogen and oxygen atoms in total. The zero-order valence-electron chi connectivity index (χ0n) is 19.3. The molecule has 1 saturated heterocycles. The van der Waals surface area contributed by atoms with E-state index in [0.29, 0.717) is 12.1 Å². The van der Waals surface area contributed by atoms with Crippen LogP contribution < -0.4 is 10.6 Å². The van der Waals surface area contributed by atoms with Crippen LogP contribution in [0.2, 0.25) is 0 Å². The SMILES string of the molecule is CCNC(=NCCCCCOC1CCCCC1)NC1CCN(Cc2ccsc2)CC1.I. The Labute approximate surface area is 210 Å². The number of piperidine rings is 1. The largest absolute Gasteiger partial charge is 0.378 e. The lowest BCUT2D eigenvalue weighted by atomic mass is 9.98. The van der Waals surface area contributed by atoms with Crippen molar-refractivity contribution in [3.63, 3.8) is 0 Å². The Morgan fingerprint density at radius 1 is 1.13 bits per heavy atom. The molecule has 1 aliphatic carbocycles. The molecule has 0 bridgehead atoms. The number of hydrogen-bond acceptors (Lipinski definition) is 4. The second-order valence-corrected chi connectivity index (χ2v) is 9.56. The molecule has 2 N–H and O–H groups in total. The molecule has 1 saturated carbocycles. The van der Waals surface area contributed by atoms with Crippen LogP contribution in [0.5, 0.6) is 0 Å². The van der Waals surface area contributed by atoms with Gasteiger partial charge in [-0.25, -0.2) is 0 Å². The van der Waals surface area contributed by atoms with Crippen molar-refractivity contribution < 1.29 is 4.74 Å². The van der Waals surface area contributed by atoms with Gasteiger partial charge in [0.15, 0.2) is 5.96 Å². The first-order valence-electron chi connectivity index (χ1n) is 12.2. The van der Waals surface area contributed by atoms with Gasteiger partial charge in [0.05, 0.1) is 6.10 Å². The van der Waals surface area contributed by atoms with Gasteiger partial charge in [0.2, 0.25) is 0 Å². The number of ether oxygens (including phenoxy) is 1. The number of nitrogens with zero attached hydrogens (tertiary/aromatic N) is 2. The molecule has 2 heterocycles. The van der Waals surface area contributed by atoms with E-state index in [1.165, 1.54) is 63.4 Å². The van der Waals surface area contributed by atoms with Crippen LogP contribution in [-0.4, -0.2) is 55.8 Å². The molecule has 0 radical (unpaired) electrons. The zero-order valence-corrected chi connectivity index (χ0v) is 22.5. The average molecular weight is 563 g/mol. The van der Waals surface area contributed by atoms with Gasteiger partial charge in [-0.15, -0.1) is 24.0 Å². The predicted octanol–water partition coefficient (Wildman–Crippen LogP) is 5.41. The fourth-order valence-corrected chi connectivity index (χ4v) is 5.11. The van der Waals surface area contributed by atoms with Crippen molar-refractivity contribution >= 4 is 41.3 Å². The van der Waals surface area contributed by atoms with E-state index in [-0.39, 0.29) is 24.0 Å². The number of thiophene rings is 1. The zero-order chi connectivity index (χ0) is 20.9. The molecule has 0 aromatic carbocycles. The van der Waals surface area contributed by atoms with Crippen molar-refractivity contribution in [2.75, 3.05) is 32.8 Å². The van der Waals surface area contributed by atoms with Crippen molar-refractivity contribution in [1.82, 2.24) is 15.5 Å². The number of likely N-dealkylation sites (tertiary alicyclic amines) is 1. The first-order valence-corrected chi connectivity index (χ1v) is 13.2. The molecule has 3 rings (SSSR count). The van der Waals surface area contributed by atoms with Crippen LogP contribution in [0.25, 0.3) is 0 Å². The second kappa shape index (κ2) is 16.3. The average Bonchev–Trinajstić information content (AvgIpc) is 3.28. The maximum absolute atomic E-state index is 6.03. The Hall–Kier alpha value is -0.380. The van der Waals surface area contributed by atoms with E-state index < -0.39 is 0 Å². The molecule has 178 valence electrons. The van der Waals surface area contributed by atoms with E-state index in [4.69, 9.17) is 9.73 Å². The summed E-state index contributed by atoms with van der Waals surface area (Å²) in [5.41, 5.74) is 1.45. The normalized spacial score (nSPS) is 19.2. The third-order valence-corrected chi connectivity index (χ3v) is 6.97. The molecule has 2 aliphatic rings. The van der Waals surface area contributed by atoms with E-state index >= 15 is 0 Å². The van der Waals surface area contributed by atoms with Crippen LogP contribution in [0, 0.1) is 0 Å². The summed E-state index contributed by atoms with van der Waals surface area (Å²) in [4.78, 5) is 7.39. The lowest BCUT2D eigenvalue weighted by Gasteiger charge is -2.33. The predicted molar refractivity (Wildman–Crippen MR) is 144 cm³/mol. The number of guanidine groups is 1. The molecule has 1 aromatic heterocycles. The summed E-state index contributed by atoms with van der Waals surface area (Å²) >= 11 is 1.79. The van der Waals surface area contributed by atoms with Crippen LogP contribution >= 0.6 is 35.3 Å². The highest BCUT2D eigenvalue weighted by Crippen LogP contribution is 2.20. The topological polar surface area (TPSA) is 48.9 Å². The first-order chi connectivity index (χ1) is 14.8. The third kappa shape index (κ3) is 10.9. The Morgan fingerprint density at radius 3 is 2.65 bits per heavy atom. The maximum Gasteiger partial charge on any atom is 0.191 e. The second-order valence-electron chi connectivity index (χ2n) is 8.78. The molecule has 0 atom stereocenters. The molecule has 1 aliphatic heterocycles. The highest BCUT2D eigenvalue weighted by Gasteiger charge is 2.20. The Balaban J connectivity index is 0.00000341. The first kappa shape index (κ1) is 26.9. The minimum Gasteiger partial charge on any atom is -0.378 e. The smallest absolute Gasteiger partial charge is 0.191 e. The van der Waals surface area contributed by atoms with Crippen LogP contribution in [0.4, 0.5) is 0 Å². The van der Waals surface area contributed by atoms with Gasteiger partial charge < -0.3 is 15.4 Å². The van der Waals surface area contributed by atoms with E-state index in [0.717, 1.165) is 51.7 Å². The maximum atomic E-state index is 6.03. The van der Waals surface area contributed by atoms with Crippen molar-refractivity contribution in [2.24, 2.45) is 4.99 Å². The summed E-state index contributed by atoms with van der Waals surface area (Å²) in [5.74, 6) is 0.993. The number of nitrogens with one attached hydrogen (secondary N) is 2. The standard InChI is InChI=1S/C24H42N4OS.HI/c1-2-25-24(26-14-7-4-8-17-29-23-9-5-3-6-10-23)27-22-11-15-28(16-12-22)19-21-13-18-30-20-21;/h13,18,20,22-23H,2-12,14-17,19H2,1H3,(H2,25,26,27);1H. The molecule has 2 fully saturated rings. The van der Waals surface area contributed by atoms with Crippen molar-refractivity contribution in [3.05, 3.63) is 22.4 Å². The van der Waals surface area contributed by atoms with Gasteiger partial charge in [0.1, 0.15) is 0 Å². The van der Waals surface area contributed by atoms with Crippen LogP contribution in [0.15, 0.2) is 21.8 Å². The van der Waals surface area contributed by atoms with Crippen LogP contribution in [-0.2, 0) is 11.3 Å². The fourth-order valence-electron chi connectivity index (χ4n) is 4.45. The number of unbranched alkanes of at least 4 members (excludes halogenated alkanes) is 2. The molecule has 0 amide bonds. The molecule has 1 aromatic rings. The summed E-state index contributed by atoms with van der Waals surface area (Å²) in [7, 11) is 0. The monoisotopic (exact) mass is 562 g/mol. The molecule has 0 unspecified atom stereocenters. The Morgan fingerprint density at radius 2 is 1.94 bits per heavy atom. The molecule has 31 heavy (non-hydrogen) atoms. The van der Waals surface area contributed by atoms with Crippen molar-refractivity contribution in [2.45, 2.75) is 89.8 Å². The van der Waals surface area contributed by atoms with Gasteiger partial charge in [0.25, 0.3) is 0 Å². The van der Waals surface area contributed by atoms with Crippen LogP contribution in [0.3, 0.4) is 0 Å². The molecule has 7 heteroatoms.